The van der Waals surface area contributed by atoms with Crippen molar-refractivity contribution in [3.63, 3.8) is 0 Å². The molecule has 4 N–H and O–H groups in total. The van der Waals surface area contributed by atoms with Gasteiger partial charge < -0.3 is 16.0 Å². The number of hydrogen-bond donors (Lipinski definition) is 2. The first kappa shape index (κ1) is 21.5. The molecule has 0 amide bonds. The summed E-state index contributed by atoms with van der Waals surface area (Å²) in [5.41, 5.74) is 9.57. The summed E-state index contributed by atoms with van der Waals surface area (Å²) in [4.78, 5) is -0.551. The maximum atomic E-state index is 12.8. The predicted molar refractivity (Wildman–Crippen MR) is 83.6 cm³/mol. The first-order chi connectivity index (χ1) is 11.0. The molecule has 2 aromatic carbocycles. The maximum absolute atomic E-state index is 12.8. The predicted octanol–water partition coefficient (Wildman–Crippen LogP) is -0.0517. The van der Waals surface area contributed by atoms with Crippen LogP contribution in [0.4, 0.5) is 24.5 Å². The van der Waals surface area contributed by atoms with E-state index in [4.69, 9.17) is 11.5 Å². The van der Waals surface area contributed by atoms with Crippen molar-refractivity contribution in [3.8, 4) is 0 Å². The molecule has 0 saturated heterocycles. The largest absolute Gasteiger partial charge is 1.00 e. The van der Waals surface area contributed by atoms with Gasteiger partial charge in [-0.1, -0.05) is 24.3 Å². The fourth-order valence-electron chi connectivity index (χ4n) is 2.01. The number of anilines is 2. The van der Waals surface area contributed by atoms with Crippen LogP contribution in [-0.4, -0.2) is 13.0 Å². The van der Waals surface area contributed by atoms with Gasteiger partial charge in [-0.2, -0.15) is 13.2 Å². The van der Waals surface area contributed by atoms with Gasteiger partial charge in [-0.3, -0.25) is 0 Å². The fourth-order valence-corrected chi connectivity index (χ4v) is 2.72. The van der Waals surface area contributed by atoms with Crippen molar-refractivity contribution in [1.29, 1.82) is 0 Å². The normalized spacial score (nSPS) is 12.2. The third-order valence-electron chi connectivity index (χ3n) is 3.15. The second kappa shape index (κ2) is 7.79. The molecule has 5 nitrogen and oxygen atoms in total. The molecule has 0 aromatic heterocycles. The molecule has 25 heavy (non-hydrogen) atoms. The Hall–Kier alpha value is -1.52. The summed E-state index contributed by atoms with van der Waals surface area (Å²) in [6.07, 6.45) is -2.15. The smallest absolute Gasteiger partial charge is 0.744 e. The molecule has 0 bridgehead atoms. The van der Waals surface area contributed by atoms with Gasteiger partial charge in [0.25, 0.3) is 0 Å². The minimum Gasteiger partial charge on any atom is -0.744 e. The van der Waals surface area contributed by atoms with Gasteiger partial charge in [0.05, 0.1) is 10.5 Å². The average molecular weight is 380 g/mol. The Morgan fingerprint density at radius 1 is 1.00 bits per heavy atom. The average Bonchev–Trinajstić information content (AvgIpc) is 2.45. The van der Waals surface area contributed by atoms with E-state index in [1.54, 1.807) is 0 Å². The molecule has 128 valence electrons. The van der Waals surface area contributed by atoms with Gasteiger partial charge >= 0.3 is 35.7 Å². The molecule has 0 fully saturated rings. The second-order valence-corrected chi connectivity index (χ2v) is 6.28. The number of benzene rings is 2. The van der Waals surface area contributed by atoms with Gasteiger partial charge in [0.1, 0.15) is 10.1 Å². The van der Waals surface area contributed by atoms with Crippen LogP contribution in [0.1, 0.15) is 16.7 Å². The molecule has 0 radical (unpaired) electrons. The summed E-state index contributed by atoms with van der Waals surface area (Å²) in [5, 5.41) is 0. The van der Waals surface area contributed by atoms with Crippen LogP contribution in [0.5, 0.6) is 0 Å². The van der Waals surface area contributed by atoms with Gasteiger partial charge in [-0.25, -0.2) is 8.42 Å². The topological polar surface area (TPSA) is 109 Å². The van der Waals surface area contributed by atoms with Crippen LogP contribution < -0.4 is 41.0 Å². The molecule has 0 aliphatic heterocycles. The van der Waals surface area contributed by atoms with Crippen LogP contribution in [0, 0.1) is 0 Å². The van der Waals surface area contributed by atoms with E-state index in [1.165, 1.54) is 30.4 Å². The van der Waals surface area contributed by atoms with Crippen LogP contribution in [-0.2, 0) is 16.3 Å². The number of alkyl halides is 3. The standard InChI is InChI=1S/C15H13F3N2O3S.Na/c16-15(17,18)12-7-9(2-6-13(12)20)1-3-10-4-5-11(19)8-14(10)24(21,22)23;/h1-8H,19-20H2,(H,21,22,23);/q;+1/p-1. The van der Waals surface area contributed by atoms with Gasteiger partial charge in [0, 0.05) is 11.4 Å². The van der Waals surface area contributed by atoms with E-state index >= 15 is 0 Å². The molecule has 0 aliphatic carbocycles. The maximum Gasteiger partial charge on any atom is 1.00 e. The summed E-state index contributed by atoms with van der Waals surface area (Å²) >= 11 is 0. The second-order valence-electron chi connectivity index (χ2n) is 4.93. The van der Waals surface area contributed by atoms with Gasteiger partial charge in [0.2, 0.25) is 0 Å². The molecule has 10 heteroatoms. The minimum atomic E-state index is -4.78. The summed E-state index contributed by atoms with van der Waals surface area (Å²) in [6, 6.07) is 6.91. The Kier molecular flexibility index (Phi) is 6.71. The van der Waals surface area contributed by atoms with Gasteiger partial charge in [-0.05, 0) is 35.4 Å². The Balaban J connectivity index is 0.00000312. The third-order valence-corrected chi connectivity index (χ3v) is 4.04. The van der Waals surface area contributed by atoms with Crippen molar-refractivity contribution in [2.45, 2.75) is 11.1 Å². The Morgan fingerprint density at radius 3 is 2.20 bits per heavy atom. The zero-order chi connectivity index (χ0) is 18.1. The zero-order valence-corrected chi connectivity index (χ0v) is 15.9. The van der Waals surface area contributed by atoms with E-state index in [0.717, 1.165) is 18.2 Å². The number of halogens is 3. The van der Waals surface area contributed by atoms with Crippen molar-refractivity contribution in [2.75, 3.05) is 11.5 Å². The molecule has 0 saturated carbocycles. The summed E-state index contributed by atoms with van der Waals surface area (Å²) in [6.45, 7) is 0. The van der Waals surface area contributed by atoms with Gasteiger partial charge in [-0.15, -0.1) is 0 Å². The first-order valence-corrected chi connectivity index (χ1v) is 7.89. The van der Waals surface area contributed by atoms with Crippen molar-refractivity contribution in [3.05, 3.63) is 53.1 Å². The number of hydrogen-bond acceptors (Lipinski definition) is 5. The molecule has 2 rings (SSSR count). The van der Waals surface area contributed by atoms with E-state index < -0.39 is 32.4 Å². The molecular weight excluding hydrogens is 368 g/mol. The van der Waals surface area contributed by atoms with Crippen LogP contribution in [0.25, 0.3) is 12.2 Å². The molecule has 2 aromatic rings. The van der Waals surface area contributed by atoms with Crippen LogP contribution in [0.3, 0.4) is 0 Å². The minimum absolute atomic E-state index is 0. The van der Waals surface area contributed by atoms with E-state index in [1.807, 2.05) is 0 Å². The summed E-state index contributed by atoms with van der Waals surface area (Å²) < 4.78 is 72.2. The zero-order valence-electron chi connectivity index (χ0n) is 13.0. The summed E-state index contributed by atoms with van der Waals surface area (Å²) in [5.74, 6) is 0. The first-order valence-electron chi connectivity index (χ1n) is 6.49. The molecule has 0 aliphatic rings. The molecule has 0 unspecified atom stereocenters. The van der Waals surface area contributed by atoms with E-state index in [-0.39, 0.29) is 46.4 Å². The van der Waals surface area contributed by atoms with Crippen molar-refractivity contribution in [1.82, 2.24) is 0 Å². The van der Waals surface area contributed by atoms with Crippen LogP contribution in [0.2, 0.25) is 0 Å². The quantitative estimate of drug-likeness (QED) is 0.336. The van der Waals surface area contributed by atoms with E-state index in [9.17, 15) is 26.1 Å². The van der Waals surface area contributed by atoms with Crippen molar-refractivity contribution in [2.24, 2.45) is 0 Å². The molecule has 0 atom stereocenters. The Morgan fingerprint density at radius 2 is 1.64 bits per heavy atom. The molecule has 0 heterocycles. The fraction of sp³-hybridized carbons (Fsp3) is 0.0667. The number of nitrogens with two attached hydrogens (primary N) is 2. The summed E-state index contributed by atoms with van der Waals surface area (Å²) in [7, 11) is -4.78. The van der Waals surface area contributed by atoms with E-state index in [0.29, 0.717) is 0 Å². The van der Waals surface area contributed by atoms with E-state index in [2.05, 4.69) is 0 Å². The SMILES string of the molecule is Nc1ccc(C=Cc2ccc(N)c(C(F)(F)F)c2)c(S(=O)(=O)[O-])c1.[Na+]. The molecule has 0 spiro atoms. The Labute approximate surface area is 164 Å². The monoisotopic (exact) mass is 380 g/mol. The number of nitrogen functional groups attached to an aromatic ring is 2. The number of rotatable bonds is 3. The van der Waals surface area contributed by atoms with Crippen molar-refractivity contribution >= 4 is 33.6 Å². The van der Waals surface area contributed by atoms with Crippen LogP contribution >= 0.6 is 0 Å². The Bertz CT molecular complexity index is 913. The van der Waals surface area contributed by atoms with Gasteiger partial charge in [0.15, 0.2) is 0 Å². The van der Waals surface area contributed by atoms with Crippen molar-refractivity contribution < 1.29 is 55.7 Å². The third kappa shape index (κ3) is 5.48. The van der Waals surface area contributed by atoms with Crippen LogP contribution in [0.15, 0.2) is 41.3 Å². The molecular formula is C15H12F3N2NaO3S.